The molecule has 0 amide bonds. The first-order valence-corrected chi connectivity index (χ1v) is 6.10. The molecule has 0 spiro atoms. The lowest BCUT2D eigenvalue weighted by molar-refractivity contribution is 0.385. The Morgan fingerprint density at radius 3 is 2.50 bits per heavy atom. The average molecular weight is 268 g/mol. The number of aromatic hydroxyl groups is 2. The molecule has 1 heterocycles. The Morgan fingerprint density at radius 1 is 0.950 bits per heavy atom. The van der Waals surface area contributed by atoms with Gasteiger partial charge in [0.2, 0.25) is 11.7 Å². The van der Waals surface area contributed by atoms with E-state index in [9.17, 15) is 10.2 Å². The molecule has 0 fully saturated rings. The molecule has 3 rings (SSSR count). The van der Waals surface area contributed by atoms with Crippen LogP contribution in [0.3, 0.4) is 0 Å². The summed E-state index contributed by atoms with van der Waals surface area (Å²) in [7, 11) is 0. The molecule has 0 atom stereocenters. The van der Waals surface area contributed by atoms with Gasteiger partial charge in [-0.3, -0.25) is 0 Å². The molecule has 0 aliphatic rings. The summed E-state index contributed by atoms with van der Waals surface area (Å²) >= 11 is 0. The predicted octanol–water partition coefficient (Wildman–Crippen LogP) is 2.74. The number of hydrogen-bond donors (Lipinski definition) is 2. The highest BCUT2D eigenvalue weighted by atomic mass is 16.5. The standard InChI is InChI=1S/C15H12N2O3/c18-12-6-4-11(5-7-12)15-16-14(20-17-15)9-10-2-1-3-13(19)8-10/h1-8,18-19H,9H2. The van der Waals surface area contributed by atoms with E-state index < -0.39 is 0 Å². The number of phenolic OH excluding ortho intramolecular Hbond substituents is 2. The SMILES string of the molecule is Oc1ccc(-c2noc(Cc3cccc(O)c3)n2)cc1. The maximum atomic E-state index is 9.41. The predicted molar refractivity (Wildman–Crippen MR) is 72.3 cm³/mol. The van der Waals surface area contributed by atoms with E-state index in [1.165, 1.54) is 0 Å². The number of rotatable bonds is 3. The van der Waals surface area contributed by atoms with E-state index in [1.807, 2.05) is 6.07 Å². The quantitative estimate of drug-likeness (QED) is 0.763. The Hall–Kier alpha value is -2.82. The van der Waals surface area contributed by atoms with Crippen molar-refractivity contribution in [3.05, 3.63) is 60.0 Å². The lowest BCUT2D eigenvalue weighted by Gasteiger charge is -1.97. The monoisotopic (exact) mass is 268 g/mol. The summed E-state index contributed by atoms with van der Waals surface area (Å²) in [5, 5.41) is 22.6. The molecule has 1 aromatic heterocycles. The van der Waals surface area contributed by atoms with E-state index in [-0.39, 0.29) is 11.5 Å². The molecule has 0 aliphatic heterocycles. The van der Waals surface area contributed by atoms with Gasteiger partial charge >= 0.3 is 0 Å². The summed E-state index contributed by atoms with van der Waals surface area (Å²) in [5.74, 6) is 1.34. The van der Waals surface area contributed by atoms with Crippen LogP contribution in [0.4, 0.5) is 0 Å². The molecule has 20 heavy (non-hydrogen) atoms. The number of phenols is 2. The fraction of sp³-hybridized carbons (Fsp3) is 0.0667. The van der Waals surface area contributed by atoms with Gasteiger partial charge in [0.05, 0.1) is 6.42 Å². The molecule has 2 aromatic carbocycles. The van der Waals surface area contributed by atoms with Gasteiger partial charge in [-0.25, -0.2) is 0 Å². The normalized spacial score (nSPS) is 10.6. The van der Waals surface area contributed by atoms with E-state index in [4.69, 9.17) is 4.52 Å². The van der Waals surface area contributed by atoms with Crippen molar-refractivity contribution in [3.8, 4) is 22.9 Å². The Balaban J connectivity index is 1.82. The molecular weight excluding hydrogens is 256 g/mol. The third-order valence-corrected chi connectivity index (χ3v) is 2.86. The van der Waals surface area contributed by atoms with Gasteiger partial charge in [0.25, 0.3) is 0 Å². The largest absolute Gasteiger partial charge is 0.508 e. The number of aromatic nitrogens is 2. The highest BCUT2D eigenvalue weighted by Gasteiger charge is 2.09. The van der Waals surface area contributed by atoms with Gasteiger partial charge in [0.1, 0.15) is 11.5 Å². The van der Waals surface area contributed by atoms with Crippen LogP contribution >= 0.6 is 0 Å². The van der Waals surface area contributed by atoms with Crippen LogP contribution in [0.25, 0.3) is 11.4 Å². The molecule has 0 saturated carbocycles. The van der Waals surface area contributed by atoms with Gasteiger partial charge in [-0.2, -0.15) is 4.98 Å². The summed E-state index contributed by atoms with van der Waals surface area (Å²) in [6.45, 7) is 0. The van der Waals surface area contributed by atoms with E-state index in [0.717, 1.165) is 11.1 Å². The van der Waals surface area contributed by atoms with E-state index in [2.05, 4.69) is 10.1 Å². The highest BCUT2D eigenvalue weighted by Crippen LogP contribution is 2.20. The Kier molecular flexibility index (Phi) is 3.09. The van der Waals surface area contributed by atoms with Crippen molar-refractivity contribution >= 4 is 0 Å². The van der Waals surface area contributed by atoms with E-state index in [1.54, 1.807) is 42.5 Å². The van der Waals surface area contributed by atoms with Gasteiger partial charge in [0.15, 0.2) is 0 Å². The zero-order valence-electron chi connectivity index (χ0n) is 10.5. The molecule has 0 saturated heterocycles. The number of nitrogens with zero attached hydrogens (tertiary/aromatic N) is 2. The molecule has 5 heteroatoms. The van der Waals surface area contributed by atoms with Gasteiger partial charge in [-0.05, 0) is 42.0 Å². The van der Waals surface area contributed by atoms with E-state index >= 15 is 0 Å². The molecule has 2 N–H and O–H groups in total. The van der Waals surface area contributed by atoms with Gasteiger partial charge in [-0.1, -0.05) is 17.3 Å². The van der Waals surface area contributed by atoms with Gasteiger partial charge in [-0.15, -0.1) is 0 Å². The molecule has 0 radical (unpaired) electrons. The summed E-state index contributed by atoms with van der Waals surface area (Å²) in [6.07, 6.45) is 0.458. The molecule has 100 valence electrons. The molecular formula is C15H12N2O3. The summed E-state index contributed by atoms with van der Waals surface area (Å²) in [6, 6.07) is 13.5. The van der Waals surface area contributed by atoms with Crippen LogP contribution in [-0.4, -0.2) is 20.4 Å². The van der Waals surface area contributed by atoms with Crippen LogP contribution in [0.2, 0.25) is 0 Å². The fourth-order valence-electron chi connectivity index (χ4n) is 1.90. The third kappa shape index (κ3) is 2.61. The topological polar surface area (TPSA) is 79.4 Å². The Morgan fingerprint density at radius 2 is 1.75 bits per heavy atom. The molecule has 5 nitrogen and oxygen atoms in total. The highest BCUT2D eigenvalue weighted by molar-refractivity contribution is 5.55. The van der Waals surface area contributed by atoms with Crippen LogP contribution in [0, 0.1) is 0 Å². The first-order valence-electron chi connectivity index (χ1n) is 6.10. The smallest absolute Gasteiger partial charge is 0.231 e. The Bertz CT molecular complexity index is 720. The van der Waals surface area contributed by atoms with Crippen LogP contribution in [0.5, 0.6) is 11.5 Å². The lowest BCUT2D eigenvalue weighted by atomic mass is 10.1. The first-order chi connectivity index (χ1) is 9.70. The summed E-state index contributed by atoms with van der Waals surface area (Å²) in [4.78, 5) is 4.29. The zero-order valence-corrected chi connectivity index (χ0v) is 10.5. The van der Waals surface area contributed by atoms with Crippen molar-refractivity contribution < 1.29 is 14.7 Å². The Labute approximate surface area is 115 Å². The van der Waals surface area contributed by atoms with Crippen LogP contribution < -0.4 is 0 Å². The first kappa shape index (κ1) is 12.2. The second kappa shape index (κ2) is 5.05. The van der Waals surface area contributed by atoms with Crippen molar-refractivity contribution in [2.24, 2.45) is 0 Å². The lowest BCUT2D eigenvalue weighted by Crippen LogP contribution is -1.88. The second-order valence-corrected chi connectivity index (χ2v) is 4.41. The minimum atomic E-state index is 0.192. The molecule has 0 aliphatic carbocycles. The van der Waals surface area contributed by atoms with Crippen LogP contribution in [0.15, 0.2) is 53.1 Å². The summed E-state index contributed by atoms with van der Waals surface area (Å²) in [5.41, 5.74) is 1.67. The maximum Gasteiger partial charge on any atom is 0.231 e. The van der Waals surface area contributed by atoms with Crippen molar-refractivity contribution in [2.45, 2.75) is 6.42 Å². The minimum Gasteiger partial charge on any atom is -0.508 e. The van der Waals surface area contributed by atoms with Crippen molar-refractivity contribution in [1.29, 1.82) is 0 Å². The zero-order chi connectivity index (χ0) is 13.9. The van der Waals surface area contributed by atoms with Crippen LogP contribution in [0.1, 0.15) is 11.5 Å². The third-order valence-electron chi connectivity index (χ3n) is 2.86. The van der Waals surface area contributed by atoms with Crippen molar-refractivity contribution in [3.63, 3.8) is 0 Å². The minimum absolute atomic E-state index is 0.192. The van der Waals surface area contributed by atoms with E-state index in [0.29, 0.717) is 18.1 Å². The number of hydrogen-bond acceptors (Lipinski definition) is 5. The second-order valence-electron chi connectivity index (χ2n) is 4.41. The average Bonchev–Trinajstić information content (AvgIpc) is 2.88. The fourth-order valence-corrected chi connectivity index (χ4v) is 1.90. The van der Waals surface area contributed by atoms with Crippen molar-refractivity contribution in [1.82, 2.24) is 10.1 Å². The summed E-state index contributed by atoms with van der Waals surface area (Å²) < 4.78 is 5.19. The molecule has 3 aromatic rings. The van der Waals surface area contributed by atoms with Crippen molar-refractivity contribution in [2.75, 3.05) is 0 Å². The maximum absolute atomic E-state index is 9.41. The molecule has 0 unspecified atom stereocenters. The van der Waals surface area contributed by atoms with Gasteiger partial charge < -0.3 is 14.7 Å². The van der Waals surface area contributed by atoms with Crippen LogP contribution in [-0.2, 0) is 6.42 Å². The number of benzene rings is 2. The van der Waals surface area contributed by atoms with Gasteiger partial charge in [0, 0.05) is 5.56 Å². The molecule has 0 bridgehead atoms.